The molecule has 2 aliphatic rings. The van der Waals surface area contributed by atoms with Gasteiger partial charge in [0.05, 0.1) is 13.2 Å². The van der Waals surface area contributed by atoms with E-state index in [1.807, 2.05) is 56.0 Å². The molecule has 0 radical (unpaired) electrons. The number of ether oxygens (including phenoxy) is 1. The van der Waals surface area contributed by atoms with Crippen molar-refractivity contribution in [3.05, 3.63) is 35.9 Å². The van der Waals surface area contributed by atoms with E-state index in [4.69, 9.17) is 4.74 Å². The van der Waals surface area contributed by atoms with Crippen molar-refractivity contribution in [2.24, 2.45) is 9.81 Å². The first-order valence-electron chi connectivity index (χ1n) is 8.74. The van der Waals surface area contributed by atoms with Crippen LogP contribution in [0.3, 0.4) is 0 Å². The van der Waals surface area contributed by atoms with Crippen molar-refractivity contribution in [1.82, 2.24) is 4.90 Å². The molecule has 1 spiro atoms. The number of benzene rings is 1. The van der Waals surface area contributed by atoms with E-state index in [0.29, 0.717) is 26.3 Å². The standard InChI is InChI=1S/C19H26N2O3S/c1-18(2,3)25(23)20-16-13-24-14-19(16)9-11-21(12-10-19)17(22)15-7-5-4-6-8-15/h4-8H,9-14H2,1-3H3/b20-16+. The Bertz CT molecular complexity index is 646. The summed E-state index contributed by atoms with van der Waals surface area (Å²) in [6.45, 7) is 8.20. The van der Waals surface area contributed by atoms with E-state index < -0.39 is 11.4 Å². The predicted octanol–water partition coefficient (Wildman–Crippen LogP) is 2.84. The van der Waals surface area contributed by atoms with E-state index in [9.17, 15) is 9.35 Å². The predicted molar refractivity (Wildman–Crippen MR) is 100 cm³/mol. The van der Waals surface area contributed by atoms with Crippen LogP contribution in [0.25, 0.3) is 0 Å². The zero-order valence-corrected chi connectivity index (χ0v) is 16.0. The average molecular weight is 362 g/mol. The highest BCUT2D eigenvalue weighted by molar-refractivity contribution is 7.91. The normalized spacial score (nSPS) is 23.2. The van der Waals surface area contributed by atoms with Crippen molar-refractivity contribution in [1.29, 1.82) is 0 Å². The number of hydrogen-bond donors (Lipinski definition) is 0. The molecule has 25 heavy (non-hydrogen) atoms. The molecule has 0 N–H and O–H groups in total. The lowest BCUT2D eigenvalue weighted by Gasteiger charge is -2.38. The number of piperidine rings is 1. The first kappa shape index (κ1) is 18.4. The SMILES string of the molecule is CC(C)(C)[S+]([O-])/N=C1\COCC12CCN(C(=O)c1ccccc1)CC2. The zero-order valence-electron chi connectivity index (χ0n) is 15.2. The molecule has 0 bridgehead atoms. The van der Waals surface area contributed by atoms with Crippen LogP contribution in [0.2, 0.25) is 0 Å². The number of hydrogen-bond acceptors (Lipinski definition) is 4. The summed E-state index contributed by atoms with van der Waals surface area (Å²) in [6.07, 6.45) is 1.62. The van der Waals surface area contributed by atoms with Gasteiger partial charge in [0.2, 0.25) is 0 Å². The minimum absolute atomic E-state index is 0.0751. The van der Waals surface area contributed by atoms with E-state index in [2.05, 4.69) is 4.40 Å². The summed E-state index contributed by atoms with van der Waals surface area (Å²) >= 11 is -1.27. The van der Waals surface area contributed by atoms with Crippen molar-refractivity contribution in [3.63, 3.8) is 0 Å². The van der Waals surface area contributed by atoms with E-state index >= 15 is 0 Å². The first-order valence-corrected chi connectivity index (χ1v) is 9.85. The second kappa shape index (κ2) is 7.09. The Morgan fingerprint density at radius 1 is 1.24 bits per heavy atom. The van der Waals surface area contributed by atoms with Gasteiger partial charge < -0.3 is 14.2 Å². The molecule has 0 aromatic heterocycles. The summed E-state index contributed by atoms with van der Waals surface area (Å²) < 4.78 is 22.2. The minimum Gasteiger partial charge on any atom is -0.591 e. The second-order valence-electron chi connectivity index (χ2n) is 7.83. The molecule has 2 fully saturated rings. The quantitative estimate of drug-likeness (QED) is 0.760. The Kier molecular flexibility index (Phi) is 5.23. The highest BCUT2D eigenvalue weighted by Gasteiger charge is 2.46. The Morgan fingerprint density at radius 3 is 2.48 bits per heavy atom. The summed E-state index contributed by atoms with van der Waals surface area (Å²) in [5, 5.41) is 0. The number of rotatable bonds is 2. The van der Waals surface area contributed by atoms with Crippen LogP contribution in [0.5, 0.6) is 0 Å². The van der Waals surface area contributed by atoms with Gasteiger partial charge in [0.15, 0.2) is 0 Å². The molecule has 6 heteroatoms. The maximum atomic E-state index is 12.6. The molecular weight excluding hydrogens is 336 g/mol. The molecule has 2 aliphatic heterocycles. The van der Waals surface area contributed by atoms with Crippen LogP contribution in [0.15, 0.2) is 34.7 Å². The molecule has 1 atom stereocenters. The zero-order chi connectivity index (χ0) is 18.1. The van der Waals surface area contributed by atoms with Gasteiger partial charge in [-0.15, -0.1) is 0 Å². The lowest BCUT2D eigenvalue weighted by Crippen LogP contribution is -2.46. The minimum atomic E-state index is -1.27. The van der Waals surface area contributed by atoms with Crippen LogP contribution in [0, 0.1) is 5.41 Å². The van der Waals surface area contributed by atoms with Gasteiger partial charge in [-0.2, -0.15) is 0 Å². The van der Waals surface area contributed by atoms with Crippen molar-refractivity contribution < 1.29 is 14.1 Å². The summed E-state index contributed by atoms with van der Waals surface area (Å²) in [4.78, 5) is 14.5. The molecule has 0 aliphatic carbocycles. The fourth-order valence-corrected chi connectivity index (χ4v) is 3.99. The molecule has 1 unspecified atom stereocenters. The van der Waals surface area contributed by atoms with Crippen molar-refractivity contribution in [2.45, 2.75) is 38.4 Å². The van der Waals surface area contributed by atoms with Crippen LogP contribution >= 0.6 is 0 Å². The maximum Gasteiger partial charge on any atom is 0.253 e. The molecule has 1 aromatic rings. The van der Waals surface area contributed by atoms with Gasteiger partial charge >= 0.3 is 0 Å². The Labute approximate surface area is 152 Å². The Balaban J connectivity index is 1.70. The molecule has 3 rings (SSSR count). The molecule has 5 nitrogen and oxygen atoms in total. The monoisotopic (exact) mass is 362 g/mol. The second-order valence-corrected chi connectivity index (χ2v) is 9.74. The molecule has 0 saturated carbocycles. The van der Waals surface area contributed by atoms with Gasteiger partial charge in [-0.3, -0.25) is 4.79 Å². The highest BCUT2D eigenvalue weighted by atomic mass is 32.2. The molecule has 1 aromatic carbocycles. The first-order chi connectivity index (χ1) is 11.8. The van der Waals surface area contributed by atoms with E-state index in [1.54, 1.807) is 0 Å². The third-order valence-corrected chi connectivity index (χ3v) is 6.41. The molecule has 2 saturated heterocycles. The van der Waals surface area contributed by atoms with E-state index in [-0.39, 0.29) is 16.1 Å². The third kappa shape index (κ3) is 3.91. The summed E-state index contributed by atoms with van der Waals surface area (Å²) in [5.74, 6) is 0.0751. The summed E-state index contributed by atoms with van der Waals surface area (Å²) in [7, 11) is 0. The topological polar surface area (TPSA) is 65.0 Å². The van der Waals surface area contributed by atoms with Crippen LogP contribution in [-0.2, 0) is 16.1 Å². The number of amides is 1. The molecule has 136 valence electrons. The van der Waals surface area contributed by atoms with Crippen LogP contribution in [0.4, 0.5) is 0 Å². The fourth-order valence-electron chi connectivity index (χ4n) is 3.27. The van der Waals surface area contributed by atoms with Gasteiger partial charge in [-0.05, 0) is 45.7 Å². The number of carbonyl (C=O) groups excluding carboxylic acids is 1. The third-order valence-electron chi connectivity index (χ3n) is 4.97. The fraction of sp³-hybridized carbons (Fsp3) is 0.579. The van der Waals surface area contributed by atoms with Gasteiger partial charge in [0.1, 0.15) is 21.8 Å². The summed E-state index contributed by atoms with van der Waals surface area (Å²) in [6, 6.07) is 9.39. The smallest absolute Gasteiger partial charge is 0.253 e. The number of carbonyl (C=O) groups is 1. The largest absolute Gasteiger partial charge is 0.591 e. The molecule has 1 amide bonds. The lowest BCUT2D eigenvalue weighted by molar-refractivity contribution is 0.0587. The highest BCUT2D eigenvalue weighted by Crippen LogP contribution is 2.38. The van der Waals surface area contributed by atoms with Crippen LogP contribution < -0.4 is 0 Å². The summed E-state index contributed by atoms with van der Waals surface area (Å²) in [5.41, 5.74) is 1.48. The molecule has 2 heterocycles. The van der Waals surface area contributed by atoms with E-state index in [0.717, 1.165) is 24.1 Å². The van der Waals surface area contributed by atoms with Crippen LogP contribution in [-0.4, -0.2) is 52.1 Å². The Hall–Kier alpha value is -1.37. The van der Waals surface area contributed by atoms with Crippen LogP contribution in [0.1, 0.15) is 44.0 Å². The van der Waals surface area contributed by atoms with Crippen molar-refractivity contribution >= 4 is 23.0 Å². The van der Waals surface area contributed by atoms with Gasteiger partial charge in [0, 0.05) is 24.1 Å². The number of likely N-dealkylation sites (tertiary alicyclic amines) is 1. The van der Waals surface area contributed by atoms with Crippen molar-refractivity contribution in [3.8, 4) is 0 Å². The maximum absolute atomic E-state index is 12.6. The average Bonchev–Trinajstić information content (AvgIpc) is 2.97. The van der Waals surface area contributed by atoms with E-state index in [1.165, 1.54) is 0 Å². The molecular formula is C19H26N2O3S. The lowest BCUT2D eigenvalue weighted by atomic mass is 9.76. The van der Waals surface area contributed by atoms with Gasteiger partial charge in [-0.1, -0.05) is 22.6 Å². The Morgan fingerprint density at radius 2 is 1.88 bits per heavy atom. The van der Waals surface area contributed by atoms with Gasteiger partial charge in [0.25, 0.3) is 5.91 Å². The number of nitrogens with zero attached hydrogens (tertiary/aromatic N) is 2. The van der Waals surface area contributed by atoms with Crippen molar-refractivity contribution in [2.75, 3.05) is 26.3 Å². The van der Waals surface area contributed by atoms with Gasteiger partial charge in [-0.25, -0.2) is 0 Å².